The molecule has 3 heteroatoms. The summed E-state index contributed by atoms with van der Waals surface area (Å²) in [5, 5.41) is 1.28. The third-order valence-corrected chi connectivity index (χ3v) is 12.1. The van der Waals surface area contributed by atoms with Crippen molar-refractivity contribution in [3.8, 4) is 22.3 Å². The zero-order chi connectivity index (χ0) is 31.8. The standard InChI is InChI=1S/C44H51N3/c1-3-32-9-7-10-33(15-14-32)29-34-22-27-47(28-23-34)31(2)38-20-21-41-39(30-38)42(43(46-41)40-13-8-26-45-44(40)24-25-44)37-18-16-36(17-19-37)35-11-5-4-6-12-35/h4-6,11-13,16-21,26,30,32-34,46H,2-3,7-10,14-15,22-25,27-29H2,1H3. The second kappa shape index (κ2) is 13.0. The Hall–Kier alpha value is -3.85. The van der Waals surface area contributed by atoms with E-state index >= 15 is 0 Å². The minimum absolute atomic E-state index is 0.0386. The maximum atomic E-state index is 5.02. The largest absolute Gasteiger partial charge is 0.372 e. The van der Waals surface area contributed by atoms with Gasteiger partial charge in [0.25, 0.3) is 0 Å². The minimum atomic E-state index is -0.0386. The lowest BCUT2D eigenvalue weighted by atomic mass is 9.83. The number of hydrogen-bond donors (Lipinski definition) is 1. The number of aromatic amines is 1. The Balaban J connectivity index is 1.05. The monoisotopic (exact) mass is 621 g/mol. The molecule has 3 nitrogen and oxygen atoms in total. The SMILES string of the molecule is C=C(c1ccc2[nH]c(C3=CCC=NC34CC4)c(-c3ccc(-c4ccccc4)cc3)c2c1)N1CCC(CC2CCCC(CC)CC2)CC1. The van der Waals surface area contributed by atoms with E-state index in [0.717, 1.165) is 50.1 Å². The summed E-state index contributed by atoms with van der Waals surface area (Å²) in [6.45, 7) is 9.34. The topological polar surface area (TPSA) is 31.4 Å². The van der Waals surface area contributed by atoms with E-state index in [4.69, 9.17) is 4.99 Å². The highest BCUT2D eigenvalue weighted by Gasteiger charge is 2.48. The molecule has 1 saturated heterocycles. The zero-order valence-electron chi connectivity index (χ0n) is 28.3. The molecule has 0 radical (unpaired) electrons. The number of dihydropyridines is 1. The lowest BCUT2D eigenvalue weighted by Gasteiger charge is -2.36. The van der Waals surface area contributed by atoms with Gasteiger partial charge < -0.3 is 9.88 Å². The fourth-order valence-corrected chi connectivity index (χ4v) is 9.03. The molecule has 4 aromatic rings. The Labute approximate surface area is 281 Å². The summed E-state index contributed by atoms with van der Waals surface area (Å²) in [5.41, 5.74) is 11.3. The van der Waals surface area contributed by atoms with Crippen LogP contribution in [0.2, 0.25) is 0 Å². The van der Waals surface area contributed by atoms with Gasteiger partial charge in [0.2, 0.25) is 0 Å². The van der Waals surface area contributed by atoms with Crippen LogP contribution in [0.3, 0.4) is 0 Å². The summed E-state index contributed by atoms with van der Waals surface area (Å²) in [4.78, 5) is 11.5. The Morgan fingerprint density at radius 1 is 0.830 bits per heavy atom. The average molecular weight is 622 g/mol. The third kappa shape index (κ3) is 6.15. The fourth-order valence-electron chi connectivity index (χ4n) is 9.03. The fraction of sp³-hybridized carbons (Fsp3) is 0.432. The summed E-state index contributed by atoms with van der Waals surface area (Å²) < 4.78 is 0. The number of H-pyrrole nitrogens is 1. The van der Waals surface area contributed by atoms with Gasteiger partial charge in [0.05, 0.1) is 11.2 Å². The molecule has 2 unspecified atom stereocenters. The van der Waals surface area contributed by atoms with Gasteiger partial charge in [-0.25, -0.2) is 0 Å². The van der Waals surface area contributed by atoms with Gasteiger partial charge >= 0.3 is 0 Å². The molecule has 1 aromatic heterocycles. The molecule has 3 fully saturated rings. The van der Waals surface area contributed by atoms with E-state index in [1.54, 1.807) is 0 Å². The van der Waals surface area contributed by atoms with Crippen LogP contribution in [0.15, 0.2) is 90.4 Å². The van der Waals surface area contributed by atoms with E-state index in [1.807, 2.05) is 0 Å². The van der Waals surface area contributed by atoms with Crippen molar-refractivity contribution in [1.82, 2.24) is 9.88 Å². The van der Waals surface area contributed by atoms with Crippen LogP contribution in [0.5, 0.6) is 0 Å². The van der Waals surface area contributed by atoms with Crippen LogP contribution in [0.25, 0.3) is 44.4 Å². The number of aromatic nitrogens is 1. The predicted octanol–water partition coefficient (Wildman–Crippen LogP) is 11.6. The second-order valence-corrected chi connectivity index (χ2v) is 15.0. The minimum Gasteiger partial charge on any atom is -0.372 e. The van der Waals surface area contributed by atoms with Crippen LogP contribution in [0.4, 0.5) is 0 Å². The van der Waals surface area contributed by atoms with Crippen molar-refractivity contribution in [2.24, 2.45) is 22.7 Å². The van der Waals surface area contributed by atoms with Crippen LogP contribution < -0.4 is 0 Å². The Morgan fingerprint density at radius 2 is 1.53 bits per heavy atom. The zero-order valence-corrected chi connectivity index (χ0v) is 28.3. The van der Waals surface area contributed by atoms with E-state index < -0.39 is 0 Å². The molecule has 3 heterocycles. The molecule has 1 spiro atoms. The van der Waals surface area contributed by atoms with Crippen LogP contribution in [0, 0.1) is 17.8 Å². The average Bonchev–Trinajstić information content (AvgIpc) is 3.84. The van der Waals surface area contributed by atoms with Crippen LogP contribution >= 0.6 is 0 Å². The number of likely N-dealkylation sites (tertiary alicyclic amines) is 1. The summed E-state index contributed by atoms with van der Waals surface area (Å²) >= 11 is 0. The first-order chi connectivity index (χ1) is 23.1. The molecule has 47 heavy (non-hydrogen) atoms. The highest BCUT2D eigenvalue weighted by atomic mass is 15.1. The van der Waals surface area contributed by atoms with Crippen molar-refractivity contribution in [2.75, 3.05) is 13.1 Å². The number of allylic oxidation sites excluding steroid dienone is 1. The Morgan fingerprint density at radius 3 is 2.30 bits per heavy atom. The van der Waals surface area contributed by atoms with Gasteiger partial charge in [-0.15, -0.1) is 0 Å². The number of aliphatic imine (C=N–C) groups is 1. The van der Waals surface area contributed by atoms with E-state index in [9.17, 15) is 0 Å². The molecule has 8 rings (SSSR count). The number of fused-ring (bicyclic) bond motifs is 1. The third-order valence-electron chi connectivity index (χ3n) is 12.1. The summed E-state index contributed by atoms with van der Waals surface area (Å²) in [6, 6.07) is 26.8. The van der Waals surface area contributed by atoms with Gasteiger partial charge in [-0.2, -0.15) is 0 Å². The molecule has 0 amide bonds. The number of rotatable bonds is 8. The van der Waals surface area contributed by atoms with Gasteiger partial charge in [-0.3, -0.25) is 4.99 Å². The molecular weight excluding hydrogens is 571 g/mol. The second-order valence-electron chi connectivity index (χ2n) is 15.0. The number of nitrogens with one attached hydrogen (secondary N) is 1. The van der Waals surface area contributed by atoms with Crippen LogP contribution in [-0.2, 0) is 0 Å². The van der Waals surface area contributed by atoms with Crippen molar-refractivity contribution in [2.45, 2.75) is 89.5 Å². The Kier molecular flexibility index (Phi) is 8.42. The maximum Gasteiger partial charge on any atom is 0.0872 e. The van der Waals surface area contributed by atoms with E-state index in [1.165, 1.54) is 113 Å². The quantitative estimate of drug-likeness (QED) is 0.195. The van der Waals surface area contributed by atoms with Crippen molar-refractivity contribution in [3.05, 3.63) is 96.7 Å². The summed E-state index contributed by atoms with van der Waals surface area (Å²) in [6.07, 6.45) is 20.4. The lowest BCUT2D eigenvalue weighted by Crippen LogP contribution is -2.32. The number of nitrogens with zero attached hydrogens (tertiary/aromatic N) is 2. The normalized spacial score (nSPS) is 22.7. The first-order valence-corrected chi connectivity index (χ1v) is 18.6. The van der Waals surface area contributed by atoms with Gasteiger partial charge in [0.1, 0.15) is 0 Å². The van der Waals surface area contributed by atoms with Gasteiger partial charge in [0, 0.05) is 53.5 Å². The van der Waals surface area contributed by atoms with Crippen molar-refractivity contribution in [3.63, 3.8) is 0 Å². The molecule has 2 aliphatic carbocycles. The lowest BCUT2D eigenvalue weighted by molar-refractivity contribution is 0.215. The summed E-state index contributed by atoms with van der Waals surface area (Å²) in [5.74, 6) is 2.82. The molecule has 0 bridgehead atoms. The Bertz CT molecular complexity index is 1780. The molecular formula is C44H51N3. The van der Waals surface area contributed by atoms with E-state index in [0.29, 0.717) is 0 Å². The highest BCUT2D eigenvalue weighted by molar-refractivity contribution is 6.04. The van der Waals surface area contributed by atoms with Gasteiger partial charge in [0.15, 0.2) is 0 Å². The van der Waals surface area contributed by atoms with Crippen LogP contribution in [-0.4, -0.2) is 34.7 Å². The van der Waals surface area contributed by atoms with Crippen molar-refractivity contribution in [1.29, 1.82) is 0 Å². The van der Waals surface area contributed by atoms with Crippen LogP contribution in [0.1, 0.15) is 95.2 Å². The molecule has 2 saturated carbocycles. The predicted molar refractivity (Wildman–Crippen MR) is 201 cm³/mol. The molecule has 2 aliphatic heterocycles. The highest BCUT2D eigenvalue weighted by Crippen LogP contribution is 2.54. The maximum absolute atomic E-state index is 5.02. The van der Waals surface area contributed by atoms with E-state index in [2.05, 4.69) is 108 Å². The van der Waals surface area contributed by atoms with Crippen molar-refractivity contribution < 1.29 is 0 Å². The molecule has 1 N–H and O–H groups in total. The first-order valence-electron chi connectivity index (χ1n) is 18.6. The van der Waals surface area contributed by atoms with E-state index in [-0.39, 0.29) is 5.54 Å². The van der Waals surface area contributed by atoms with Gasteiger partial charge in [-0.05, 0) is 84.2 Å². The number of hydrogen-bond acceptors (Lipinski definition) is 2. The van der Waals surface area contributed by atoms with Crippen molar-refractivity contribution >= 4 is 28.4 Å². The number of piperidine rings is 1. The van der Waals surface area contributed by atoms with Gasteiger partial charge in [-0.1, -0.05) is 119 Å². The number of benzene rings is 3. The molecule has 3 aromatic carbocycles. The smallest absolute Gasteiger partial charge is 0.0872 e. The molecule has 2 atom stereocenters. The first kappa shape index (κ1) is 30.5. The molecule has 242 valence electrons. The molecule has 4 aliphatic rings. The summed E-state index contributed by atoms with van der Waals surface area (Å²) in [7, 11) is 0.